The van der Waals surface area contributed by atoms with Crippen LogP contribution in [-0.4, -0.2) is 38.6 Å². The quantitative estimate of drug-likeness (QED) is 0.696. The maximum absolute atomic E-state index is 13.1. The van der Waals surface area contributed by atoms with E-state index in [2.05, 4.69) is 11.6 Å². The van der Waals surface area contributed by atoms with Gasteiger partial charge in [-0.1, -0.05) is 13.0 Å². The molecular formula is C22H28N2O3S2. The van der Waals surface area contributed by atoms with Gasteiger partial charge in [0, 0.05) is 23.7 Å². The molecule has 1 aliphatic heterocycles. The van der Waals surface area contributed by atoms with E-state index >= 15 is 0 Å². The van der Waals surface area contributed by atoms with Gasteiger partial charge in [0.2, 0.25) is 0 Å². The largest absolute Gasteiger partial charge is 0.339 e. The molecule has 0 radical (unpaired) electrons. The van der Waals surface area contributed by atoms with Crippen LogP contribution in [0.5, 0.6) is 0 Å². The highest BCUT2D eigenvalue weighted by Gasteiger charge is 2.25. The highest BCUT2D eigenvalue weighted by Crippen LogP contribution is 2.28. The number of carbonyl (C=O) groups excluding carboxylic acids is 1. The minimum absolute atomic E-state index is 0.0931. The molecule has 2 aromatic rings. The number of thioether (sulfide) groups is 1. The summed E-state index contributed by atoms with van der Waals surface area (Å²) < 4.78 is 28.5. The van der Waals surface area contributed by atoms with Crippen molar-refractivity contribution in [1.82, 2.24) is 4.90 Å². The van der Waals surface area contributed by atoms with Gasteiger partial charge in [0.15, 0.2) is 0 Å². The van der Waals surface area contributed by atoms with Crippen LogP contribution in [0.1, 0.15) is 41.3 Å². The zero-order valence-corrected chi connectivity index (χ0v) is 19.0. The molecule has 0 atom stereocenters. The zero-order valence-electron chi connectivity index (χ0n) is 17.4. The van der Waals surface area contributed by atoms with Crippen LogP contribution in [-0.2, 0) is 10.0 Å². The van der Waals surface area contributed by atoms with Gasteiger partial charge in [-0.05, 0) is 80.3 Å². The van der Waals surface area contributed by atoms with Crippen molar-refractivity contribution in [2.45, 2.75) is 43.4 Å². The molecule has 1 saturated heterocycles. The maximum atomic E-state index is 13.1. The van der Waals surface area contributed by atoms with E-state index in [0.29, 0.717) is 30.3 Å². The molecule has 1 N–H and O–H groups in total. The van der Waals surface area contributed by atoms with E-state index < -0.39 is 10.0 Å². The summed E-state index contributed by atoms with van der Waals surface area (Å²) in [4.78, 5) is 15.8. The summed E-state index contributed by atoms with van der Waals surface area (Å²) in [6, 6.07) is 10.2. The third kappa shape index (κ3) is 4.95. The van der Waals surface area contributed by atoms with Crippen molar-refractivity contribution in [3.63, 3.8) is 0 Å². The van der Waals surface area contributed by atoms with Crippen molar-refractivity contribution < 1.29 is 13.2 Å². The number of anilines is 1. The smallest absolute Gasteiger partial charge is 0.261 e. The van der Waals surface area contributed by atoms with Gasteiger partial charge >= 0.3 is 0 Å². The summed E-state index contributed by atoms with van der Waals surface area (Å²) in [6.45, 7) is 7.54. The molecule has 0 aromatic heterocycles. The second-order valence-corrected chi connectivity index (χ2v) is 10.3. The topological polar surface area (TPSA) is 66.5 Å². The fourth-order valence-corrected chi connectivity index (χ4v) is 5.07. The molecule has 3 rings (SSSR count). The first kappa shape index (κ1) is 21.7. The fraction of sp³-hybridized carbons (Fsp3) is 0.409. The Kier molecular flexibility index (Phi) is 6.58. The number of carbonyl (C=O) groups is 1. The molecule has 0 aliphatic carbocycles. The Hall–Kier alpha value is -1.99. The van der Waals surface area contributed by atoms with Gasteiger partial charge in [0.25, 0.3) is 15.9 Å². The minimum atomic E-state index is -3.79. The number of rotatable bonds is 5. The zero-order chi connectivity index (χ0) is 21.2. The molecule has 0 spiro atoms. The normalized spacial score (nSPS) is 15.4. The average molecular weight is 433 g/mol. The summed E-state index contributed by atoms with van der Waals surface area (Å²) >= 11 is 1.45. The average Bonchev–Trinajstić information content (AvgIpc) is 2.70. The van der Waals surface area contributed by atoms with Crippen LogP contribution in [0.3, 0.4) is 0 Å². The Morgan fingerprint density at radius 2 is 1.76 bits per heavy atom. The Morgan fingerprint density at radius 1 is 1.07 bits per heavy atom. The Bertz CT molecular complexity index is 1010. The van der Waals surface area contributed by atoms with E-state index in [1.54, 1.807) is 18.2 Å². The lowest BCUT2D eigenvalue weighted by Crippen LogP contribution is -2.38. The van der Waals surface area contributed by atoms with E-state index in [1.165, 1.54) is 17.8 Å². The van der Waals surface area contributed by atoms with Gasteiger partial charge in [0.05, 0.1) is 10.5 Å². The number of sulfonamides is 1. The van der Waals surface area contributed by atoms with Gasteiger partial charge < -0.3 is 4.90 Å². The maximum Gasteiger partial charge on any atom is 0.261 e. The number of aryl methyl sites for hydroxylation is 2. The number of amides is 1. The standard InChI is InChI=1S/C22H28N2O3S2/c1-15-9-11-24(12-10-15)22(25)20-14-19(7-8-21(20)28-4)29(26,27)23-18-6-5-16(2)17(3)13-18/h5-8,13-15,23H,9-12H2,1-4H3. The summed E-state index contributed by atoms with van der Waals surface area (Å²) in [5.41, 5.74) is 3.08. The number of likely N-dealkylation sites (tertiary alicyclic amines) is 1. The molecule has 1 fully saturated rings. The molecule has 7 heteroatoms. The number of nitrogens with zero attached hydrogens (tertiary/aromatic N) is 1. The molecule has 0 unspecified atom stereocenters. The van der Waals surface area contributed by atoms with Gasteiger partial charge in [0.1, 0.15) is 0 Å². The Morgan fingerprint density at radius 3 is 2.38 bits per heavy atom. The lowest BCUT2D eigenvalue weighted by atomic mass is 9.98. The summed E-state index contributed by atoms with van der Waals surface area (Å²) in [5, 5.41) is 0. The summed E-state index contributed by atoms with van der Waals surface area (Å²) in [5.74, 6) is 0.525. The predicted octanol–water partition coefficient (Wildman–Crippen LogP) is 4.70. The van der Waals surface area contributed by atoms with Crippen LogP contribution < -0.4 is 4.72 Å². The highest BCUT2D eigenvalue weighted by molar-refractivity contribution is 7.98. The molecule has 156 valence electrons. The van der Waals surface area contributed by atoms with Crippen LogP contribution in [0.2, 0.25) is 0 Å². The molecule has 1 heterocycles. The molecule has 1 aliphatic rings. The van der Waals surface area contributed by atoms with E-state index in [0.717, 1.165) is 28.9 Å². The SMILES string of the molecule is CSc1ccc(S(=O)(=O)Nc2ccc(C)c(C)c2)cc1C(=O)N1CCC(C)CC1. The number of benzene rings is 2. The Balaban J connectivity index is 1.90. The van der Waals surface area contributed by atoms with E-state index in [1.807, 2.05) is 37.1 Å². The number of hydrogen-bond donors (Lipinski definition) is 1. The molecule has 2 aromatic carbocycles. The first-order valence-corrected chi connectivity index (χ1v) is 12.5. The first-order chi connectivity index (χ1) is 13.7. The van der Waals surface area contributed by atoms with Gasteiger partial charge in [-0.15, -0.1) is 11.8 Å². The molecule has 5 nitrogen and oxygen atoms in total. The summed E-state index contributed by atoms with van der Waals surface area (Å²) in [6.07, 6.45) is 3.85. The van der Waals surface area contributed by atoms with Crippen LogP contribution in [0, 0.1) is 19.8 Å². The highest BCUT2D eigenvalue weighted by atomic mass is 32.2. The summed E-state index contributed by atoms with van der Waals surface area (Å²) in [7, 11) is -3.79. The predicted molar refractivity (Wildman–Crippen MR) is 119 cm³/mol. The molecular weight excluding hydrogens is 404 g/mol. The van der Waals surface area contributed by atoms with Crippen LogP contribution >= 0.6 is 11.8 Å². The van der Waals surface area contributed by atoms with Crippen LogP contribution in [0.15, 0.2) is 46.2 Å². The van der Waals surface area contributed by atoms with E-state index in [9.17, 15) is 13.2 Å². The lowest BCUT2D eigenvalue weighted by Gasteiger charge is -2.30. The van der Waals surface area contributed by atoms with Crippen molar-refractivity contribution in [2.75, 3.05) is 24.1 Å². The van der Waals surface area contributed by atoms with Gasteiger partial charge in [-0.25, -0.2) is 8.42 Å². The van der Waals surface area contributed by atoms with Crippen LogP contribution in [0.25, 0.3) is 0 Å². The minimum Gasteiger partial charge on any atom is -0.339 e. The number of nitrogens with one attached hydrogen (secondary N) is 1. The Labute approximate surface area is 177 Å². The van der Waals surface area contributed by atoms with Crippen molar-refractivity contribution >= 4 is 33.4 Å². The second kappa shape index (κ2) is 8.79. The van der Waals surface area contributed by atoms with Crippen molar-refractivity contribution in [2.24, 2.45) is 5.92 Å². The molecule has 29 heavy (non-hydrogen) atoms. The second-order valence-electron chi connectivity index (χ2n) is 7.74. The number of piperidine rings is 1. The lowest BCUT2D eigenvalue weighted by molar-refractivity contribution is 0.0693. The van der Waals surface area contributed by atoms with E-state index in [4.69, 9.17) is 0 Å². The van der Waals surface area contributed by atoms with Gasteiger partial charge in [-0.3, -0.25) is 9.52 Å². The van der Waals surface area contributed by atoms with E-state index in [-0.39, 0.29) is 10.8 Å². The third-order valence-corrected chi connectivity index (χ3v) is 7.72. The third-order valence-electron chi connectivity index (χ3n) is 5.54. The molecule has 1 amide bonds. The monoisotopic (exact) mass is 432 g/mol. The van der Waals surface area contributed by atoms with Crippen molar-refractivity contribution in [1.29, 1.82) is 0 Å². The number of hydrogen-bond acceptors (Lipinski definition) is 4. The van der Waals surface area contributed by atoms with Crippen molar-refractivity contribution in [3.05, 3.63) is 53.1 Å². The fourth-order valence-electron chi connectivity index (χ4n) is 3.42. The van der Waals surface area contributed by atoms with Crippen molar-refractivity contribution in [3.8, 4) is 0 Å². The first-order valence-electron chi connectivity index (χ1n) is 9.78. The van der Waals surface area contributed by atoms with Gasteiger partial charge in [-0.2, -0.15) is 0 Å². The molecule has 0 bridgehead atoms. The molecule has 0 saturated carbocycles. The van der Waals surface area contributed by atoms with Crippen LogP contribution in [0.4, 0.5) is 5.69 Å².